The molecule has 1 aromatic carbocycles. The predicted octanol–water partition coefficient (Wildman–Crippen LogP) is 0.675. The SMILES string of the molecule is O/N=C(/c1ccc(O)c(O)c1)C1CO1. The Morgan fingerprint density at radius 1 is 1.36 bits per heavy atom. The largest absolute Gasteiger partial charge is 0.504 e. The zero-order chi connectivity index (χ0) is 10.1. The van der Waals surface area contributed by atoms with Crippen LogP contribution in [-0.4, -0.2) is 33.8 Å². The molecule has 1 atom stereocenters. The Bertz CT molecular complexity index is 384. The van der Waals surface area contributed by atoms with Gasteiger partial charge in [0, 0.05) is 5.56 Å². The number of phenols is 2. The maximum absolute atomic E-state index is 9.22. The first-order valence-corrected chi connectivity index (χ1v) is 4.08. The van der Waals surface area contributed by atoms with Crippen molar-refractivity contribution in [3.05, 3.63) is 23.8 Å². The molecule has 1 fully saturated rings. The lowest BCUT2D eigenvalue weighted by molar-refractivity contribution is 0.315. The van der Waals surface area contributed by atoms with E-state index in [0.29, 0.717) is 17.9 Å². The van der Waals surface area contributed by atoms with Crippen LogP contribution in [0.2, 0.25) is 0 Å². The van der Waals surface area contributed by atoms with E-state index in [1.165, 1.54) is 12.1 Å². The number of benzene rings is 1. The summed E-state index contributed by atoms with van der Waals surface area (Å²) >= 11 is 0. The number of ether oxygens (including phenoxy) is 1. The van der Waals surface area contributed by atoms with Crippen molar-refractivity contribution in [3.63, 3.8) is 0 Å². The van der Waals surface area contributed by atoms with Crippen molar-refractivity contribution in [2.24, 2.45) is 5.16 Å². The van der Waals surface area contributed by atoms with Gasteiger partial charge in [0.05, 0.1) is 6.61 Å². The minimum atomic E-state index is -0.246. The smallest absolute Gasteiger partial charge is 0.158 e. The monoisotopic (exact) mass is 195 g/mol. The molecule has 0 bridgehead atoms. The fourth-order valence-electron chi connectivity index (χ4n) is 1.20. The average molecular weight is 195 g/mol. The number of rotatable bonds is 2. The van der Waals surface area contributed by atoms with Gasteiger partial charge in [-0.15, -0.1) is 0 Å². The third kappa shape index (κ3) is 1.49. The molecule has 5 heteroatoms. The molecular formula is C9H9NO4. The van der Waals surface area contributed by atoms with Crippen LogP contribution in [0.1, 0.15) is 5.56 Å². The molecule has 1 aliphatic rings. The van der Waals surface area contributed by atoms with Crippen molar-refractivity contribution in [1.29, 1.82) is 0 Å². The van der Waals surface area contributed by atoms with Gasteiger partial charge in [-0.25, -0.2) is 0 Å². The van der Waals surface area contributed by atoms with Gasteiger partial charge in [-0.1, -0.05) is 5.16 Å². The number of nitrogens with zero attached hydrogens (tertiary/aromatic N) is 1. The number of phenolic OH excluding ortho intramolecular Hbond substituents is 2. The molecule has 0 aliphatic carbocycles. The Morgan fingerprint density at radius 2 is 2.07 bits per heavy atom. The highest BCUT2D eigenvalue weighted by molar-refractivity contribution is 6.05. The molecule has 0 spiro atoms. The van der Waals surface area contributed by atoms with Crippen molar-refractivity contribution in [2.75, 3.05) is 6.61 Å². The number of epoxide rings is 1. The van der Waals surface area contributed by atoms with Crippen molar-refractivity contribution in [3.8, 4) is 11.5 Å². The van der Waals surface area contributed by atoms with E-state index in [0.717, 1.165) is 0 Å². The third-order valence-corrected chi connectivity index (χ3v) is 2.02. The van der Waals surface area contributed by atoms with Crippen LogP contribution in [0, 0.1) is 0 Å². The molecule has 3 N–H and O–H groups in total. The summed E-state index contributed by atoms with van der Waals surface area (Å²) in [6, 6.07) is 4.20. The van der Waals surface area contributed by atoms with E-state index in [2.05, 4.69) is 5.16 Å². The van der Waals surface area contributed by atoms with Crippen LogP contribution < -0.4 is 0 Å². The number of hydrogen-bond acceptors (Lipinski definition) is 5. The van der Waals surface area contributed by atoms with Crippen molar-refractivity contribution in [1.82, 2.24) is 0 Å². The molecule has 0 radical (unpaired) electrons. The highest BCUT2D eigenvalue weighted by Gasteiger charge is 2.31. The number of hydrogen-bond donors (Lipinski definition) is 3. The molecule has 1 unspecified atom stereocenters. The molecule has 1 saturated heterocycles. The minimum absolute atomic E-state index is 0.205. The zero-order valence-corrected chi connectivity index (χ0v) is 7.21. The summed E-state index contributed by atoms with van der Waals surface area (Å²) in [4.78, 5) is 0. The maximum atomic E-state index is 9.22. The summed E-state index contributed by atoms with van der Waals surface area (Å²) in [7, 11) is 0. The normalized spacial score (nSPS) is 20.9. The zero-order valence-electron chi connectivity index (χ0n) is 7.21. The van der Waals surface area contributed by atoms with Crippen LogP contribution in [0.4, 0.5) is 0 Å². The summed E-state index contributed by atoms with van der Waals surface area (Å²) < 4.78 is 4.95. The van der Waals surface area contributed by atoms with Gasteiger partial charge in [-0.2, -0.15) is 0 Å². The first kappa shape index (κ1) is 8.83. The van der Waals surface area contributed by atoms with Crippen molar-refractivity contribution >= 4 is 5.71 Å². The lowest BCUT2D eigenvalue weighted by Gasteiger charge is -2.02. The molecule has 1 aliphatic heterocycles. The molecule has 14 heavy (non-hydrogen) atoms. The molecule has 5 nitrogen and oxygen atoms in total. The quantitative estimate of drug-likeness (QED) is 0.213. The second-order valence-electron chi connectivity index (χ2n) is 3.01. The Kier molecular flexibility index (Phi) is 2.01. The lowest BCUT2D eigenvalue weighted by Crippen LogP contribution is -2.08. The molecule has 1 aromatic rings. The van der Waals surface area contributed by atoms with Crippen LogP contribution in [-0.2, 0) is 4.74 Å². The minimum Gasteiger partial charge on any atom is -0.504 e. The topological polar surface area (TPSA) is 85.6 Å². The molecule has 74 valence electrons. The molecule has 0 aromatic heterocycles. The summed E-state index contributed by atoms with van der Waals surface area (Å²) in [5, 5.41) is 30.1. The second-order valence-corrected chi connectivity index (χ2v) is 3.01. The molecular weight excluding hydrogens is 186 g/mol. The van der Waals surface area contributed by atoms with E-state index in [9.17, 15) is 5.11 Å². The third-order valence-electron chi connectivity index (χ3n) is 2.02. The van der Waals surface area contributed by atoms with Gasteiger partial charge in [0.25, 0.3) is 0 Å². The Morgan fingerprint density at radius 3 is 2.57 bits per heavy atom. The van der Waals surface area contributed by atoms with Gasteiger partial charge < -0.3 is 20.2 Å². The lowest BCUT2D eigenvalue weighted by atomic mass is 10.1. The summed E-state index contributed by atoms with van der Waals surface area (Å²) in [6.45, 7) is 0.515. The van der Waals surface area contributed by atoms with E-state index in [1.807, 2.05) is 0 Å². The van der Waals surface area contributed by atoms with Gasteiger partial charge in [0.2, 0.25) is 0 Å². The fraction of sp³-hybridized carbons (Fsp3) is 0.222. The predicted molar refractivity (Wildman–Crippen MR) is 47.8 cm³/mol. The number of aromatic hydroxyl groups is 2. The second kappa shape index (κ2) is 3.19. The summed E-state index contributed by atoms with van der Waals surface area (Å²) in [5.41, 5.74) is 0.894. The Labute approximate surface area is 79.9 Å². The van der Waals surface area contributed by atoms with Crippen LogP contribution >= 0.6 is 0 Å². The van der Waals surface area contributed by atoms with Crippen LogP contribution in [0.3, 0.4) is 0 Å². The molecule has 2 rings (SSSR count). The van der Waals surface area contributed by atoms with Gasteiger partial charge in [-0.05, 0) is 18.2 Å². The summed E-state index contributed by atoms with van der Waals surface area (Å²) in [6.07, 6.45) is -0.205. The highest BCUT2D eigenvalue weighted by atomic mass is 16.6. The Balaban J connectivity index is 2.35. The maximum Gasteiger partial charge on any atom is 0.158 e. The average Bonchev–Trinajstić information content (AvgIpc) is 2.96. The van der Waals surface area contributed by atoms with Gasteiger partial charge in [-0.3, -0.25) is 0 Å². The van der Waals surface area contributed by atoms with E-state index < -0.39 is 0 Å². The first-order chi connectivity index (χ1) is 6.72. The fourth-order valence-corrected chi connectivity index (χ4v) is 1.20. The highest BCUT2D eigenvalue weighted by Crippen LogP contribution is 2.27. The standard InChI is InChI=1S/C9H9NO4/c11-6-2-1-5(3-7(6)12)9(10-13)8-4-14-8/h1-3,8,11-13H,4H2/b10-9-. The first-order valence-electron chi connectivity index (χ1n) is 4.08. The van der Waals surface area contributed by atoms with E-state index in [-0.39, 0.29) is 17.6 Å². The van der Waals surface area contributed by atoms with Crippen molar-refractivity contribution < 1.29 is 20.2 Å². The van der Waals surface area contributed by atoms with Crippen molar-refractivity contribution in [2.45, 2.75) is 6.10 Å². The van der Waals surface area contributed by atoms with Gasteiger partial charge >= 0.3 is 0 Å². The van der Waals surface area contributed by atoms with E-state index >= 15 is 0 Å². The number of oxime groups is 1. The van der Waals surface area contributed by atoms with Crippen LogP contribution in [0.25, 0.3) is 0 Å². The van der Waals surface area contributed by atoms with Crippen LogP contribution in [0.5, 0.6) is 11.5 Å². The van der Waals surface area contributed by atoms with Gasteiger partial charge in [0.1, 0.15) is 11.8 Å². The van der Waals surface area contributed by atoms with Crippen LogP contribution in [0.15, 0.2) is 23.4 Å². The van der Waals surface area contributed by atoms with E-state index in [1.54, 1.807) is 6.07 Å². The summed E-state index contributed by atoms with van der Waals surface area (Å²) in [5.74, 6) is -0.452. The van der Waals surface area contributed by atoms with Gasteiger partial charge in [0.15, 0.2) is 11.5 Å². The molecule has 0 amide bonds. The Hall–Kier alpha value is -1.75. The molecule has 0 saturated carbocycles. The molecule has 1 heterocycles. The van der Waals surface area contributed by atoms with E-state index in [4.69, 9.17) is 15.1 Å².